The predicted molar refractivity (Wildman–Crippen MR) is 134 cm³/mol. The lowest BCUT2D eigenvalue weighted by Crippen LogP contribution is -2.40. The smallest absolute Gasteiger partial charge is 0.237 e. The van der Waals surface area contributed by atoms with E-state index in [0.717, 1.165) is 5.56 Å². The van der Waals surface area contributed by atoms with Gasteiger partial charge >= 0.3 is 0 Å². The van der Waals surface area contributed by atoms with Crippen molar-refractivity contribution in [2.45, 2.75) is 24.5 Å². The first-order valence-electron chi connectivity index (χ1n) is 11.1. The normalized spacial score (nSPS) is 15.3. The second-order valence-corrected chi connectivity index (χ2v) is 9.10. The number of halogens is 1. The molecule has 5 rings (SSSR count). The van der Waals surface area contributed by atoms with Crippen LogP contribution in [0.1, 0.15) is 13.3 Å². The van der Waals surface area contributed by atoms with Crippen molar-refractivity contribution in [3.8, 4) is 17.1 Å². The van der Waals surface area contributed by atoms with E-state index in [1.165, 1.54) is 23.9 Å². The molecule has 0 unspecified atom stereocenters. The molecular formula is C26H22FN5O2S. The van der Waals surface area contributed by atoms with Crippen LogP contribution in [0.4, 0.5) is 15.8 Å². The SMILES string of the molecule is C[C@@H]1CC(=O)Nc2ccccc2N1C(=O)CSc1nnc(-c2ccccc2)n1-c1ccc(F)cc1. The van der Waals surface area contributed by atoms with Crippen LogP contribution in [0, 0.1) is 5.82 Å². The van der Waals surface area contributed by atoms with Gasteiger partial charge in [-0.05, 0) is 43.3 Å². The number of hydrogen-bond donors (Lipinski definition) is 1. The van der Waals surface area contributed by atoms with E-state index in [1.54, 1.807) is 23.1 Å². The Kier molecular flexibility index (Phi) is 6.33. The van der Waals surface area contributed by atoms with Crippen LogP contribution in [0.3, 0.4) is 0 Å². The summed E-state index contributed by atoms with van der Waals surface area (Å²) in [6.45, 7) is 1.86. The summed E-state index contributed by atoms with van der Waals surface area (Å²) in [5.74, 6) is 0.0544. The number of nitrogens with zero attached hydrogens (tertiary/aromatic N) is 4. The number of aromatic nitrogens is 3. The van der Waals surface area contributed by atoms with Crippen LogP contribution in [0.5, 0.6) is 0 Å². The van der Waals surface area contributed by atoms with Crippen LogP contribution in [0.25, 0.3) is 17.1 Å². The van der Waals surface area contributed by atoms with Crippen LogP contribution in [-0.2, 0) is 9.59 Å². The molecule has 3 aromatic carbocycles. The van der Waals surface area contributed by atoms with Gasteiger partial charge in [-0.3, -0.25) is 14.2 Å². The van der Waals surface area contributed by atoms with Crippen molar-refractivity contribution in [3.05, 3.63) is 84.7 Å². The Labute approximate surface area is 206 Å². The molecule has 176 valence electrons. The van der Waals surface area contributed by atoms with Crippen molar-refractivity contribution in [3.63, 3.8) is 0 Å². The third-order valence-electron chi connectivity index (χ3n) is 5.70. The Morgan fingerprint density at radius 3 is 2.51 bits per heavy atom. The van der Waals surface area contributed by atoms with E-state index in [4.69, 9.17) is 0 Å². The molecule has 7 nitrogen and oxygen atoms in total. The van der Waals surface area contributed by atoms with E-state index in [1.807, 2.05) is 60.0 Å². The van der Waals surface area contributed by atoms with Crippen LogP contribution in [0.15, 0.2) is 84.0 Å². The van der Waals surface area contributed by atoms with Crippen molar-refractivity contribution >= 4 is 35.0 Å². The zero-order chi connectivity index (χ0) is 24.4. The van der Waals surface area contributed by atoms with Crippen LogP contribution in [-0.4, -0.2) is 38.4 Å². The van der Waals surface area contributed by atoms with Crippen LogP contribution in [0.2, 0.25) is 0 Å². The van der Waals surface area contributed by atoms with Gasteiger partial charge in [-0.1, -0.05) is 54.2 Å². The van der Waals surface area contributed by atoms with Crippen LogP contribution < -0.4 is 10.2 Å². The summed E-state index contributed by atoms with van der Waals surface area (Å²) >= 11 is 1.25. The molecule has 9 heteroatoms. The number of para-hydroxylation sites is 2. The van der Waals surface area contributed by atoms with Crippen LogP contribution >= 0.6 is 11.8 Å². The highest BCUT2D eigenvalue weighted by Crippen LogP contribution is 2.33. The molecule has 2 heterocycles. The van der Waals surface area contributed by atoms with E-state index in [0.29, 0.717) is 28.0 Å². The van der Waals surface area contributed by atoms with Crippen molar-refractivity contribution in [2.24, 2.45) is 0 Å². The summed E-state index contributed by atoms with van der Waals surface area (Å²) in [7, 11) is 0. The number of rotatable bonds is 5. The quantitative estimate of drug-likeness (QED) is 0.404. The Bertz CT molecular complexity index is 1370. The van der Waals surface area contributed by atoms with Gasteiger partial charge in [0.2, 0.25) is 11.8 Å². The first-order chi connectivity index (χ1) is 17.0. The zero-order valence-electron chi connectivity index (χ0n) is 18.9. The van der Waals surface area contributed by atoms with E-state index in [9.17, 15) is 14.0 Å². The Balaban J connectivity index is 1.46. The summed E-state index contributed by atoms with van der Waals surface area (Å²) in [4.78, 5) is 27.4. The average Bonchev–Trinajstić information content (AvgIpc) is 3.23. The van der Waals surface area contributed by atoms with Gasteiger partial charge in [-0.2, -0.15) is 0 Å². The minimum Gasteiger partial charge on any atom is -0.324 e. The van der Waals surface area contributed by atoms with Gasteiger partial charge in [0.25, 0.3) is 0 Å². The topological polar surface area (TPSA) is 80.1 Å². The van der Waals surface area contributed by atoms with Crippen molar-refractivity contribution < 1.29 is 14.0 Å². The molecule has 1 aliphatic rings. The molecule has 0 spiro atoms. The number of thioether (sulfide) groups is 1. The number of hydrogen-bond acceptors (Lipinski definition) is 5. The lowest BCUT2D eigenvalue weighted by atomic mass is 10.2. The first kappa shape index (κ1) is 22.8. The second kappa shape index (κ2) is 9.71. The molecule has 2 amide bonds. The average molecular weight is 488 g/mol. The molecule has 0 saturated carbocycles. The molecular weight excluding hydrogens is 465 g/mol. The molecule has 1 aromatic heterocycles. The maximum atomic E-state index is 13.6. The highest BCUT2D eigenvalue weighted by Gasteiger charge is 2.30. The monoisotopic (exact) mass is 487 g/mol. The standard InChI is InChI=1S/C26H22FN5O2S/c1-17-15-23(33)28-21-9-5-6-10-22(21)31(17)24(34)16-35-26-30-29-25(18-7-3-2-4-8-18)32(26)20-13-11-19(27)12-14-20/h2-14,17H,15-16H2,1H3,(H,28,33)/t17-/m1/s1. The lowest BCUT2D eigenvalue weighted by Gasteiger charge is -2.27. The van der Waals surface area contributed by atoms with E-state index in [2.05, 4.69) is 15.5 Å². The summed E-state index contributed by atoms with van der Waals surface area (Å²) < 4.78 is 15.4. The fourth-order valence-corrected chi connectivity index (χ4v) is 4.94. The van der Waals surface area contributed by atoms with E-state index >= 15 is 0 Å². The number of nitrogens with one attached hydrogen (secondary N) is 1. The lowest BCUT2D eigenvalue weighted by molar-refractivity contribution is -0.117. The minimum atomic E-state index is -0.343. The molecule has 1 aliphatic heterocycles. The molecule has 0 aliphatic carbocycles. The first-order valence-corrected chi connectivity index (χ1v) is 12.1. The highest BCUT2D eigenvalue weighted by molar-refractivity contribution is 7.99. The molecule has 0 bridgehead atoms. The molecule has 1 N–H and O–H groups in total. The van der Waals surface area contributed by atoms with Gasteiger partial charge in [0.05, 0.1) is 17.1 Å². The Morgan fingerprint density at radius 2 is 1.74 bits per heavy atom. The van der Waals surface area contributed by atoms with Crippen molar-refractivity contribution in [2.75, 3.05) is 16.0 Å². The fourth-order valence-electron chi connectivity index (χ4n) is 4.12. The molecule has 1 atom stereocenters. The number of benzene rings is 3. The Hall–Kier alpha value is -3.98. The van der Waals surface area contributed by atoms with Gasteiger partial charge in [-0.25, -0.2) is 4.39 Å². The summed E-state index contributed by atoms with van der Waals surface area (Å²) in [5, 5.41) is 12.1. The van der Waals surface area contributed by atoms with E-state index < -0.39 is 0 Å². The number of carbonyl (C=O) groups excluding carboxylic acids is 2. The number of carbonyl (C=O) groups is 2. The number of amides is 2. The number of anilines is 2. The largest absolute Gasteiger partial charge is 0.324 e. The predicted octanol–water partition coefficient (Wildman–Crippen LogP) is 4.93. The molecule has 4 aromatic rings. The zero-order valence-corrected chi connectivity index (χ0v) is 19.7. The number of fused-ring (bicyclic) bond motifs is 1. The van der Waals surface area contributed by atoms with Gasteiger partial charge in [-0.15, -0.1) is 10.2 Å². The van der Waals surface area contributed by atoms with Gasteiger partial charge in [0.15, 0.2) is 11.0 Å². The maximum Gasteiger partial charge on any atom is 0.237 e. The van der Waals surface area contributed by atoms with Crippen molar-refractivity contribution in [1.82, 2.24) is 14.8 Å². The summed E-state index contributed by atoms with van der Waals surface area (Å²) in [6.07, 6.45) is 0.203. The highest BCUT2D eigenvalue weighted by atomic mass is 32.2. The Morgan fingerprint density at radius 1 is 1.03 bits per heavy atom. The van der Waals surface area contributed by atoms with Gasteiger partial charge in [0, 0.05) is 23.7 Å². The molecule has 35 heavy (non-hydrogen) atoms. The summed E-state index contributed by atoms with van der Waals surface area (Å²) in [5.41, 5.74) is 2.82. The minimum absolute atomic E-state index is 0.0843. The third kappa shape index (κ3) is 4.67. The fraction of sp³-hybridized carbons (Fsp3) is 0.154. The summed E-state index contributed by atoms with van der Waals surface area (Å²) in [6, 6.07) is 22.6. The molecule has 0 fully saturated rings. The molecule has 0 radical (unpaired) electrons. The van der Waals surface area contributed by atoms with E-state index in [-0.39, 0.29) is 35.8 Å². The molecule has 0 saturated heterocycles. The van der Waals surface area contributed by atoms with Gasteiger partial charge < -0.3 is 10.2 Å². The maximum absolute atomic E-state index is 13.6. The second-order valence-electron chi connectivity index (χ2n) is 8.15. The third-order valence-corrected chi connectivity index (χ3v) is 6.62. The van der Waals surface area contributed by atoms with Gasteiger partial charge in [0.1, 0.15) is 5.82 Å². The van der Waals surface area contributed by atoms with Crippen molar-refractivity contribution in [1.29, 1.82) is 0 Å².